The number of benzene rings is 1. The Balaban J connectivity index is 2.64. The van der Waals surface area contributed by atoms with Gasteiger partial charge in [-0.25, -0.2) is 4.79 Å². The highest BCUT2D eigenvalue weighted by Gasteiger charge is 2.67. The van der Waals surface area contributed by atoms with Crippen molar-refractivity contribution in [2.45, 2.75) is 24.9 Å². The van der Waals surface area contributed by atoms with E-state index in [-0.39, 0.29) is 17.9 Å². The zero-order valence-electron chi connectivity index (χ0n) is 14.7. The average Bonchev–Trinajstić information content (AvgIpc) is 2.59. The van der Waals surface area contributed by atoms with E-state index in [9.17, 15) is 27.9 Å². The Bertz CT molecular complexity index is 727. The van der Waals surface area contributed by atoms with Crippen LogP contribution in [-0.2, 0) is 9.53 Å². The standard InChI is InChI=1S/C16H19F3N2O6/c1-4-27-13(22)11-12(9-6-5-8(25-2)7-10(9)26-3)20-14(23)21-15(11,24)16(17,18)19/h5-7,11-12,24H,4H2,1-3H3,(H2,20,21,23). The molecule has 11 heteroatoms. The van der Waals surface area contributed by atoms with E-state index in [0.717, 1.165) is 0 Å². The number of hydrogen-bond acceptors (Lipinski definition) is 6. The van der Waals surface area contributed by atoms with Gasteiger partial charge in [0.1, 0.15) is 17.4 Å². The monoisotopic (exact) mass is 392 g/mol. The minimum absolute atomic E-state index is 0.0360. The summed E-state index contributed by atoms with van der Waals surface area (Å²) in [7, 11) is 2.64. The smallest absolute Gasteiger partial charge is 0.437 e. The minimum Gasteiger partial charge on any atom is -0.497 e. The Morgan fingerprint density at radius 3 is 2.48 bits per heavy atom. The lowest BCUT2D eigenvalue weighted by Crippen LogP contribution is -2.73. The Hall–Kier alpha value is -2.69. The summed E-state index contributed by atoms with van der Waals surface area (Å²) < 4.78 is 55.7. The number of aliphatic hydroxyl groups is 1. The number of urea groups is 1. The topological polar surface area (TPSA) is 106 Å². The van der Waals surface area contributed by atoms with Crippen molar-refractivity contribution < 1.29 is 42.1 Å². The maximum absolute atomic E-state index is 13.6. The van der Waals surface area contributed by atoms with Gasteiger partial charge < -0.3 is 30.0 Å². The maximum atomic E-state index is 13.6. The van der Waals surface area contributed by atoms with Gasteiger partial charge in [-0.3, -0.25) is 4.79 Å². The predicted molar refractivity (Wildman–Crippen MR) is 85.1 cm³/mol. The summed E-state index contributed by atoms with van der Waals surface area (Å²) in [5, 5.41) is 13.9. The third kappa shape index (κ3) is 3.72. The number of carbonyl (C=O) groups is 2. The lowest BCUT2D eigenvalue weighted by Gasteiger charge is -2.44. The van der Waals surface area contributed by atoms with Gasteiger partial charge in [0.15, 0.2) is 0 Å². The molecule has 0 saturated carbocycles. The van der Waals surface area contributed by atoms with Crippen LogP contribution in [-0.4, -0.2) is 49.8 Å². The zero-order valence-corrected chi connectivity index (χ0v) is 14.7. The third-order valence-corrected chi connectivity index (χ3v) is 4.12. The van der Waals surface area contributed by atoms with Crippen molar-refractivity contribution in [1.82, 2.24) is 10.6 Å². The van der Waals surface area contributed by atoms with Crippen LogP contribution in [0.1, 0.15) is 18.5 Å². The molecule has 1 saturated heterocycles. The van der Waals surface area contributed by atoms with Crippen molar-refractivity contribution >= 4 is 12.0 Å². The molecule has 1 aliphatic heterocycles. The summed E-state index contributed by atoms with van der Waals surface area (Å²) in [6.07, 6.45) is -5.35. The highest BCUT2D eigenvalue weighted by atomic mass is 19.4. The fourth-order valence-corrected chi connectivity index (χ4v) is 2.87. The van der Waals surface area contributed by atoms with Gasteiger partial charge in [0.05, 0.1) is 26.9 Å². The lowest BCUT2D eigenvalue weighted by molar-refractivity contribution is -0.294. The number of ether oxygens (including phenoxy) is 3. The van der Waals surface area contributed by atoms with Gasteiger partial charge >= 0.3 is 18.2 Å². The highest BCUT2D eigenvalue weighted by Crippen LogP contribution is 2.45. The van der Waals surface area contributed by atoms with Crippen molar-refractivity contribution in [3.8, 4) is 11.5 Å². The molecule has 27 heavy (non-hydrogen) atoms. The summed E-state index contributed by atoms with van der Waals surface area (Å²) >= 11 is 0. The van der Waals surface area contributed by atoms with Crippen LogP contribution >= 0.6 is 0 Å². The average molecular weight is 392 g/mol. The van der Waals surface area contributed by atoms with E-state index in [4.69, 9.17) is 14.2 Å². The molecule has 1 aromatic carbocycles. The van der Waals surface area contributed by atoms with E-state index in [0.29, 0.717) is 5.75 Å². The van der Waals surface area contributed by atoms with Gasteiger partial charge in [0.2, 0.25) is 0 Å². The third-order valence-electron chi connectivity index (χ3n) is 4.12. The van der Waals surface area contributed by atoms with E-state index >= 15 is 0 Å². The molecule has 0 bridgehead atoms. The largest absolute Gasteiger partial charge is 0.497 e. The zero-order chi connectivity index (χ0) is 20.4. The van der Waals surface area contributed by atoms with Crippen LogP contribution in [0.5, 0.6) is 11.5 Å². The summed E-state index contributed by atoms with van der Waals surface area (Å²) in [4.78, 5) is 24.2. The van der Waals surface area contributed by atoms with E-state index in [2.05, 4.69) is 5.32 Å². The molecule has 8 nitrogen and oxygen atoms in total. The first-order chi connectivity index (χ1) is 12.6. The number of alkyl halides is 3. The van der Waals surface area contributed by atoms with Crippen molar-refractivity contribution in [2.75, 3.05) is 20.8 Å². The van der Waals surface area contributed by atoms with Crippen LogP contribution in [0.15, 0.2) is 18.2 Å². The summed E-state index contributed by atoms with van der Waals surface area (Å²) in [5.41, 5.74) is -3.80. The molecular formula is C16H19F3N2O6. The van der Waals surface area contributed by atoms with Crippen LogP contribution in [0, 0.1) is 5.92 Å². The molecule has 2 amide bonds. The second-order valence-electron chi connectivity index (χ2n) is 5.68. The Labute approximate surface area is 152 Å². The van der Waals surface area contributed by atoms with Crippen LogP contribution < -0.4 is 20.1 Å². The van der Waals surface area contributed by atoms with E-state index in [1.807, 2.05) is 0 Å². The number of halogens is 3. The molecular weight excluding hydrogens is 373 g/mol. The van der Waals surface area contributed by atoms with Crippen molar-refractivity contribution in [2.24, 2.45) is 5.92 Å². The fraction of sp³-hybridized carbons (Fsp3) is 0.500. The molecule has 0 spiro atoms. The maximum Gasteiger partial charge on any atom is 0.437 e. The molecule has 0 aromatic heterocycles. The van der Waals surface area contributed by atoms with Crippen LogP contribution in [0.25, 0.3) is 0 Å². The molecule has 0 aliphatic carbocycles. The first-order valence-electron chi connectivity index (χ1n) is 7.85. The van der Waals surface area contributed by atoms with Gasteiger partial charge in [0, 0.05) is 11.6 Å². The Kier molecular flexibility index (Phi) is 5.73. The molecule has 1 aliphatic rings. The second kappa shape index (κ2) is 7.51. The molecule has 1 heterocycles. The molecule has 150 valence electrons. The van der Waals surface area contributed by atoms with Crippen LogP contribution in [0.4, 0.5) is 18.0 Å². The van der Waals surface area contributed by atoms with E-state index < -0.39 is 35.9 Å². The summed E-state index contributed by atoms with van der Waals surface area (Å²) in [6, 6.07) is 1.24. The van der Waals surface area contributed by atoms with E-state index in [1.165, 1.54) is 44.7 Å². The van der Waals surface area contributed by atoms with Gasteiger partial charge in [-0.15, -0.1) is 0 Å². The molecule has 2 rings (SSSR count). The van der Waals surface area contributed by atoms with Gasteiger partial charge in [-0.2, -0.15) is 13.2 Å². The van der Waals surface area contributed by atoms with Crippen molar-refractivity contribution in [1.29, 1.82) is 0 Å². The SMILES string of the molecule is CCOC(=O)C1C(c2ccc(OC)cc2OC)NC(=O)NC1(O)C(F)(F)F. The van der Waals surface area contributed by atoms with Crippen molar-refractivity contribution in [3.05, 3.63) is 23.8 Å². The number of methoxy groups -OCH3 is 2. The number of esters is 1. The second-order valence-corrected chi connectivity index (χ2v) is 5.68. The lowest BCUT2D eigenvalue weighted by atomic mass is 9.81. The number of nitrogens with one attached hydrogen (secondary N) is 2. The Morgan fingerprint density at radius 1 is 1.30 bits per heavy atom. The number of hydrogen-bond donors (Lipinski definition) is 3. The Morgan fingerprint density at radius 2 is 1.96 bits per heavy atom. The number of carbonyl (C=O) groups excluding carboxylic acids is 2. The van der Waals surface area contributed by atoms with Crippen LogP contribution in [0.2, 0.25) is 0 Å². The first-order valence-corrected chi connectivity index (χ1v) is 7.85. The van der Waals surface area contributed by atoms with Gasteiger partial charge in [0.25, 0.3) is 5.72 Å². The van der Waals surface area contributed by atoms with Gasteiger partial charge in [-0.05, 0) is 19.1 Å². The van der Waals surface area contributed by atoms with Crippen molar-refractivity contribution in [3.63, 3.8) is 0 Å². The highest BCUT2D eigenvalue weighted by molar-refractivity contribution is 5.83. The normalized spacial score (nSPS) is 25.2. The summed E-state index contributed by atoms with van der Waals surface area (Å²) in [5.74, 6) is -3.17. The number of rotatable bonds is 5. The minimum atomic E-state index is -5.35. The first kappa shape index (κ1) is 20.6. The number of amides is 2. The van der Waals surface area contributed by atoms with E-state index in [1.54, 1.807) is 0 Å². The molecule has 3 atom stereocenters. The predicted octanol–water partition coefficient (Wildman–Crippen LogP) is 1.49. The van der Waals surface area contributed by atoms with Crippen LogP contribution in [0.3, 0.4) is 0 Å². The molecule has 3 N–H and O–H groups in total. The molecule has 3 unspecified atom stereocenters. The fourth-order valence-electron chi connectivity index (χ4n) is 2.87. The van der Waals surface area contributed by atoms with Gasteiger partial charge in [-0.1, -0.05) is 0 Å². The molecule has 1 fully saturated rings. The molecule has 0 radical (unpaired) electrons. The summed E-state index contributed by atoms with van der Waals surface area (Å²) in [6.45, 7) is 1.19. The quantitative estimate of drug-likeness (QED) is 0.656. The molecule has 1 aromatic rings.